The molecule has 3 heterocycles. The highest BCUT2D eigenvalue weighted by Crippen LogP contribution is 2.34. The summed E-state index contributed by atoms with van der Waals surface area (Å²) >= 11 is 0. The fourth-order valence-corrected chi connectivity index (χ4v) is 4.04. The molecule has 5 nitrogen and oxygen atoms in total. The van der Waals surface area contributed by atoms with Gasteiger partial charge in [-0.25, -0.2) is 0 Å². The first kappa shape index (κ1) is 17.0. The number of aromatic nitrogens is 1. The van der Waals surface area contributed by atoms with Gasteiger partial charge in [0.15, 0.2) is 0 Å². The highest BCUT2D eigenvalue weighted by Gasteiger charge is 2.38. The van der Waals surface area contributed by atoms with Crippen LogP contribution in [0.4, 0.5) is 5.69 Å². The van der Waals surface area contributed by atoms with E-state index in [1.165, 1.54) is 11.3 Å². The monoisotopic (exact) mass is 350 g/mol. The molecule has 2 aliphatic rings. The Morgan fingerprint density at radius 3 is 2.65 bits per heavy atom. The van der Waals surface area contributed by atoms with Gasteiger partial charge in [-0.1, -0.05) is 24.3 Å². The second-order valence-corrected chi connectivity index (χ2v) is 7.59. The molecule has 2 aliphatic heterocycles. The number of nitrogens with one attached hydrogen (secondary N) is 1. The molecule has 5 heteroatoms. The lowest BCUT2D eigenvalue weighted by atomic mass is 9.82. The summed E-state index contributed by atoms with van der Waals surface area (Å²) < 4.78 is 0. The second kappa shape index (κ2) is 7.08. The summed E-state index contributed by atoms with van der Waals surface area (Å²) in [6, 6.07) is 14.4. The van der Waals surface area contributed by atoms with Crippen molar-refractivity contribution < 1.29 is 4.79 Å². The fraction of sp³-hybridized carbons (Fsp3) is 0.429. The van der Waals surface area contributed by atoms with Gasteiger partial charge in [-0.2, -0.15) is 0 Å². The molecule has 2 aromatic rings. The number of pyridine rings is 1. The van der Waals surface area contributed by atoms with E-state index < -0.39 is 0 Å². The SMILES string of the molecule is CN1Cc2ccccc2NC2(CCN(Cc3ccccn3)CC2)CC1=O. The minimum absolute atomic E-state index is 0.150. The van der Waals surface area contributed by atoms with Crippen LogP contribution in [-0.4, -0.2) is 46.4 Å². The van der Waals surface area contributed by atoms with E-state index in [4.69, 9.17) is 0 Å². The first-order chi connectivity index (χ1) is 12.6. The standard InChI is InChI=1S/C21H26N4O/c1-24-15-17-6-2-3-8-19(17)23-21(14-20(24)26)9-12-25(13-10-21)16-18-7-4-5-11-22-18/h2-8,11,23H,9-10,12-16H2,1H3. The number of carbonyl (C=O) groups excluding carboxylic acids is 1. The number of fused-ring (bicyclic) bond motifs is 1. The molecule has 136 valence electrons. The van der Waals surface area contributed by atoms with E-state index in [0.29, 0.717) is 13.0 Å². The lowest BCUT2D eigenvalue weighted by Gasteiger charge is -2.44. The molecule has 0 unspecified atom stereocenters. The Balaban J connectivity index is 1.50. The summed E-state index contributed by atoms with van der Waals surface area (Å²) in [4.78, 5) is 21.4. The third-order valence-electron chi connectivity index (χ3n) is 5.67. The summed E-state index contributed by atoms with van der Waals surface area (Å²) in [5.41, 5.74) is 3.32. The molecule has 4 rings (SSSR count). The molecule has 1 saturated heterocycles. The number of anilines is 1. The molecule has 1 aromatic carbocycles. The highest BCUT2D eigenvalue weighted by atomic mass is 16.2. The Morgan fingerprint density at radius 1 is 1.12 bits per heavy atom. The van der Waals surface area contributed by atoms with Crippen molar-refractivity contribution >= 4 is 11.6 Å². The van der Waals surface area contributed by atoms with E-state index in [2.05, 4.69) is 39.5 Å². The first-order valence-corrected chi connectivity index (χ1v) is 9.36. The zero-order chi connectivity index (χ0) is 18.0. The number of carbonyl (C=O) groups is 1. The van der Waals surface area contributed by atoms with Crippen LogP contribution in [0.25, 0.3) is 0 Å². The van der Waals surface area contributed by atoms with Crippen molar-refractivity contribution in [2.75, 3.05) is 25.5 Å². The topological polar surface area (TPSA) is 48.5 Å². The zero-order valence-corrected chi connectivity index (χ0v) is 15.3. The summed E-state index contributed by atoms with van der Waals surface area (Å²) in [5, 5.41) is 3.76. The van der Waals surface area contributed by atoms with E-state index >= 15 is 0 Å². The first-order valence-electron chi connectivity index (χ1n) is 9.36. The van der Waals surface area contributed by atoms with E-state index in [1.807, 2.05) is 36.3 Å². The highest BCUT2D eigenvalue weighted by molar-refractivity contribution is 5.79. The van der Waals surface area contributed by atoms with E-state index in [9.17, 15) is 4.79 Å². The molecule has 0 saturated carbocycles. The van der Waals surface area contributed by atoms with Gasteiger partial charge in [-0.05, 0) is 36.6 Å². The minimum atomic E-state index is -0.150. The normalized spacial score (nSPS) is 20.2. The molecule has 0 aliphatic carbocycles. The third-order valence-corrected chi connectivity index (χ3v) is 5.67. The molecule has 0 atom stereocenters. The number of rotatable bonds is 2. The van der Waals surface area contributed by atoms with Gasteiger partial charge in [0.25, 0.3) is 0 Å². The van der Waals surface area contributed by atoms with E-state index in [-0.39, 0.29) is 11.4 Å². The number of para-hydroxylation sites is 1. The van der Waals surface area contributed by atoms with Gasteiger partial charge in [0.1, 0.15) is 0 Å². The van der Waals surface area contributed by atoms with Crippen molar-refractivity contribution in [3.05, 3.63) is 59.9 Å². The van der Waals surface area contributed by atoms with Crippen LogP contribution in [0.15, 0.2) is 48.7 Å². The van der Waals surface area contributed by atoms with Gasteiger partial charge in [0.05, 0.1) is 5.69 Å². The predicted octanol–water partition coefficient (Wildman–Crippen LogP) is 2.89. The number of hydrogen-bond acceptors (Lipinski definition) is 4. The third kappa shape index (κ3) is 3.58. The summed E-state index contributed by atoms with van der Waals surface area (Å²) in [6.07, 6.45) is 4.35. The van der Waals surface area contributed by atoms with Gasteiger partial charge in [0, 0.05) is 57.1 Å². The molecular formula is C21H26N4O. The number of benzene rings is 1. The van der Waals surface area contributed by atoms with Crippen LogP contribution in [0, 0.1) is 0 Å². The van der Waals surface area contributed by atoms with Gasteiger partial charge < -0.3 is 10.2 Å². The van der Waals surface area contributed by atoms with Crippen LogP contribution in [0.3, 0.4) is 0 Å². The molecule has 1 amide bonds. The van der Waals surface area contributed by atoms with Crippen molar-refractivity contribution in [3.63, 3.8) is 0 Å². The maximum atomic E-state index is 12.7. The van der Waals surface area contributed by atoms with Crippen molar-refractivity contribution in [2.24, 2.45) is 0 Å². The van der Waals surface area contributed by atoms with Crippen LogP contribution < -0.4 is 5.32 Å². The van der Waals surface area contributed by atoms with Gasteiger partial charge >= 0.3 is 0 Å². The molecular weight excluding hydrogens is 324 g/mol. The minimum Gasteiger partial charge on any atom is -0.379 e. The molecule has 1 aromatic heterocycles. The van der Waals surface area contributed by atoms with Gasteiger partial charge in [-0.3, -0.25) is 14.7 Å². The van der Waals surface area contributed by atoms with Crippen LogP contribution in [0.1, 0.15) is 30.5 Å². The summed E-state index contributed by atoms with van der Waals surface area (Å²) in [7, 11) is 1.91. The zero-order valence-electron chi connectivity index (χ0n) is 15.3. The quantitative estimate of drug-likeness (QED) is 0.905. The number of amides is 1. The Morgan fingerprint density at radius 2 is 1.88 bits per heavy atom. The fourth-order valence-electron chi connectivity index (χ4n) is 4.04. The predicted molar refractivity (Wildman–Crippen MR) is 103 cm³/mol. The molecule has 1 spiro atoms. The van der Waals surface area contributed by atoms with E-state index in [1.54, 1.807) is 0 Å². The van der Waals surface area contributed by atoms with Crippen LogP contribution in [0.5, 0.6) is 0 Å². The molecule has 0 bridgehead atoms. The Bertz CT molecular complexity index is 769. The Hall–Kier alpha value is -2.40. The maximum absolute atomic E-state index is 12.7. The van der Waals surface area contributed by atoms with Crippen molar-refractivity contribution in [2.45, 2.75) is 37.9 Å². The maximum Gasteiger partial charge on any atom is 0.224 e. The molecule has 26 heavy (non-hydrogen) atoms. The van der Waals surface area contributed by atoms with Crippen LogP contribution in [-0.2, 0) is 17.9 Å². The number of likely N-dealkylation sites (tertiary alicyclic amines) is 1. The lowest BCUT2D eigenvalue weighted by molar-refractivity contribution is -0.132. The average molecular weight is 350 g/mol. The Labute approximate surface area is 155 Å². The van der Waals surface area contributed by atoms with Crippen molar-refractivity contribution in [3.8, 4) is 0 Å². The van der Waals surface area contributed by atoms with E-state index in [0.717, 1.165) is 38.2 Å². The number of nitrogens with zero attached hydrogens (tertiary/aromatic N) is 3. The molecule has 1 fully saturated rings. The molecule has 0 radical (unpaired) electrons. The summed E-state index contributed by atoms with van der Waals surface area (Å²) in [6.45, 7) is 3.50. The Kier molecular flexibility index (Phi) is 4.64. The van der Waals surface area contributed by atoms with Crippen LogP contribution >= 0.6 is 0 Å². The molecule has 1 N–H and O–H groups in total. The average Bonchev–Trinajstić information content (AvgIpc) is 2.65. The van der Waals surface area contributed by atoms with Crippen molar-refractivity contribution in [1.29, 1.82) is 0 Å². The number of hydrogen-bond donors (Lipinski definition) is 1. The summed E-state index contributed by atoms with van der Waals surface area (Å²) in [5.74, 6) is 0.227. The van der Waals surface area contributed by atoms with Crippen molar-refractivity contribution in [1.82, 2.24) is 14.8 Å². The lowest BCUT2D eigenvalue weighted by Crippen LogP contribution is -2.52. The number of piperidine rings is 1. The van der Waals surface area contributed by atoms with Gasteiger partial charge in [-0.15, -0.1) is 0 Å². The largest absolute Gasteiger partial charge is 0.379 e. The van der Waals surface area contributed by atoms with Crippen LogP contribution in [0.2, 0.25) is 0 Å². The van der Waals surface area contributed by atoms with Gasteiger partial charge in [0.2, 0.25) is 5.91 Å². The second-order valence-electron chi connectivity index (χ2n) is 7.59. The smallest absolute Gasteiger partial charge is 0.224 e.